The first-order valence-corrected chi connectivity index (χ1v) is 10.5. The van der Waals surface area contributed by atoms with E-state index < -0.39 is 10.8 Å². The molecule has 1 aromatic carbocycles. The van der Waals surface area contributed by atoms with Crippen molar-refractivity contribution in [2.45, 2.75) is 67.2 Å². The van der Waals surface area contributed by atoms with Crippen molar-refractivity contribution < 1.29 is 28.5 Å². The van der Waals surface area contributed by atoms with Crippen molar-refractivity contribution in [2.75, 3.05) is 27.4 Å². The molecule has 0 saturated carbocycles. The molecule has 0 fully saturated rings. The molecule has 30 heavy (non-hydrogen) atoms. The average molecular weight is 423 g/mol. The van der Waals surface area contributed by atoms with Crippen LogP contribution in [0.15, 0.2) is 12.1 Å². The number of carbonyl (C=O) groups excluding carboxylic acids is 2. The van der Waals surface area contributed by atoms with E-state index in [1.807, 2.05) is 53.7 Å². The van der Waals surface area contributed by atoms with Gasteiger partial charge in [-0.15, -0.1) is 0 Å². The van der Waals surface area contributed by atoms with Gasteiger partial charge in [0.25, 0.3) is 0 Å². The van der Waals surface area contributed by atoms with Gasteiger partial charge >= 0.3 is 11.9 Å². The summed E-state index contributed by atoms with van der Waals surface area (Å²) in [6.07, 6.45) is 2.91. The fourth-order valence-electron chi connectivity index (χ4n) is 3.22. The smallest absolute Gasteiger partial charge is 0.311 e. The lowest BCUT2D eigenvalue weighted by Gasteiger charge is -2.22. The van der Waals surface area contributed by atoms with Crippen LogP contribution in [0.5, 0.6) is 11.5 Å². The summed E-state index contributed by atoms with van der Waals surface area (Å²) in [7, 11) is 2.83. The van der Waals surface area contributed by atoms with Gasteiger partial charge < -0.3 is 18.9 Å². The third-order valence-corrected chi connectivity index (χ3v) is 5.36. The summed E-state index contributed by atoms with van der Waals surface area (Å²) >= 11 is 0. The van der Waals surface area contributed by atoms with Gasteiger partial charge in [0, 0.05) is 0 Å². The predicted molar refractivity (Wildman–Crippen MR) is 117 cm³/mol. The summed E-state index contributed by atoms with van der Waals surface area (Å²) in [5.74, 6) is 1.24. The van der Waals surface area contributed by atoms with E-state index in [2.05, 4.69) is 0 Å². The maximum atomic E-state index is 11.7. The van der Waals surface area contributed by atoms with Crippen molar-refractivity contribution >= 4 is 11.9 Å². The number of benzene rings is 1. The fraction of sp³-hybridized carbons (Fsp3) is 0.667. The zero-order valence-corrected chi connectivity index (χ0v) is 19.8. The molecule has 0 heterocycles. The zero-order valence-electron chi connectivity index (χ0n) is 19.8. The third kappa shape index (κ3) is 7.54. The van der Waals surface area contributed by atoms with Gasteiger partial charge in [-0.25, -0.2) is 0 Å². The van der Waals surface area contributed by atoms with Crippen LogP contribution < -0.4 is 9.47 Å². The van der Waals surface area contributed by atoms with E-state index in [-0.39, 0.29) is 11.9 Å². The molecule has 0 saturated heterocycles. The van der Waals surface area contributed by atoms with E-state index in [0.717, 1.165) is 35.5 Å². The van der Waals surface area contributed by atoms with Crippen LogP contribution in [0.3, 0.4) is 0 Å². The highest BCUT2D eigenvalue weighted by molar-refractivity contribution is 5.76. The lowest BCUT2D eigenvalue weighted by atomic mass is 9.88. The molecule has 0 bridgehead atoms. The summed E-state index contributed by atoms with van der Waals surface area (Å²) in [5, 5.41) is 0. The number of aryl methyl sites for hydroxylation is 2. The van der Waals surface area contributed by atoms with Crippen LogP contribution in [0.1, 0.15) is 64.5 Å². The van der Waals surface area contributed by atoms with Gasteiger partial charge in [0.2, 0.25) is 0 Å². The predicted octanol–water partition coefficient (Wildman–Crippen LogP) is 5.02. The van der Waals surface area contributed by atoms with E-state index in [0.29, 0.717) is 26.1 Å². The van der Waals surface area contributed by atoms with Crippen LogP contribution in [-0.2, 0) is 19.1 Å². The molecule has 0 radical (unpaired) electrons. The van der Waals surface area contributed by atoms with Crippen molar-refractivity contribution in [3.63, 3.8) is 0 Å². The molecule has 0 atom stereocenters. The highest BCUT2D eigenvalue weighted by Crippen LogP contribution is 2.30. The van der Waals surface area contributed by atoms with Crippen molar-refractivity contribution in [1.29, 1.82) is 0 Å². The van der Waals surface area contributed by atoms with Gasteiger partial charge in [-0.1, -0.05) is 0 Å². The van der Waals surface area contributed by atoms with Crippen LogP contribution in [0, 0.1) is 24.7 Å². The topological polar surface area (TPSA) is 71.1 Å². The Morgan fingerprint density at radius 3 is 1.37 bits per heavy atom. The van der Waals surface area contributed by atoms with Gasteiger partial charge in [-0.2, -0.15) is 0 Å². The number of carbonyl (C=O) groups is 2. The second-order valence-corrected chi connectivity index (χ2v) is 9.04. The molecule has 6 nitrogen and oxygen atoms in total. The minimum absolute atomic E-state index is 0.203. The summed E-state index contributed by atoms with van der Waals surface area (Å²) in [4.78, 5) is 23.5. The van der Waals surface area contributed by atoms with Crippen LogP contribution in [0.25, 0.3) is 0 Å². The standard InChI is InChI=1S/C24H38O6/c1-17-15-20(30-14-10-12-24(5,6)22(26)28-8)18(2)16-19(17)29-13-9-11-23(3,4)21(25)27-7/h15-16H,9-14H2,1-8H3. The molecule has 0 amide bonds. The van der Waals surface area contributed by atoms with Crippen molar-refractivity contribution in [1.82, 2.24) is 0 Å². The molecule has 0 aliphatic rings. The number of rotatable bonds is 12. The summed E-state index contributed by atoms with van der Waals surface area (Å²) in [5.41, 5.74) is 0.974. The maximum absolute atomic E-state index is 11.7. The zero-order chi connectivity index (χ0) is 22.9. The lowest BCUT2D eigenvalue weighted by molar-refractivity contribution is -0.152. The van der Waals surface area contributed by atoms with E-state index >= 15 is 0 Å². The Bertz CT molecular complexity index is 659. The molecule has 0 unspecified atom stereocenters. The Hall–Kier alpha value is -2.24. The average Bonchev–Trinajstić information content (AvgIpc) is 2.69. The molecule has 0 spiro atoms. The maximum Gasteiger partial charge on any atom is 0.311 e. The van der Waals surface area contributed by atoms with Crippen LogP contribution in [0.4, 0.5) is 0 Å². The monoisotopic (exact) mass is 422 g/mol. The Morgan fingerprint density at radius 2 is 1.07 bits per heavy atom. The van der Waals surface area contributed by atoms with Gasteiger partial charge in [-0.3, -0.25) is 9.59 Å². The Kier molecular flexibility index (Phi) is 9.66. The third-order valence-electron chi connectivity index (χ3n) is 5.36. The number of methoxy groups -OCH3 is 2. The minimum atomic E-state index is -0.511. The molecular formula is C24H38O6. The Morgan fingerprint density at radius 1 is 0.733 bits per heavy atom. The van der Waals surface area contributed by atoms with Crippen molar-refractivity contribution in [2.24, 2.45) is 10.8 Å². The largest absolute Gasteiger partial charge is 0.493 e. The molecule has 0 aliphatic carbocycles. The number of ether oxygens (including phenoxy) is 4. The van der Waals surface area contributed by atoms with Crippen LogP contribution in [-0.4, -0.2) is 39.4 Å². The normalized spacial score (nSPS) is 11.7. The van der Waals surface area contributed by atoms with E-state index in [4.69, 9.17) is 18.9 Å². The van der Waals surface area contributed by atoms with Gasteiger partial charge in [0.15, 0.2) is 0 Å². The molecule has 1 rings (SSSR count). The first kappa shape index (κ1) is 25.8. The summed E-state index contributed by atoms with van der Waals surface area (Å²) in [6.45, 7) is 12.6. The number of esters is 2. The number of hydrogen-bond donors (Lipinski definition) is 0. The van der Waals surface area contributed by atoms with E-state index in [1.165, 1.54) is 14.2 Å². The van der Waals surface area contributed by atoms with Crippen LogP contribution in [0.2, 0.25) is 0 Å². The lowest BCUT2D eigenvalue weighted by Crippen LogP contribution is -2.26. The molecule has 0 aromatic heterocycles. The summed E-state index contributed by atoms with van der Waals surface area (Å²) in [6, 6.07) is 3.96. The number of hydrogen-bond acceptors (Lipinski definition) is 6. The second kappa shape index (κ2) is 11.2. The minimum Gasteiger partial charge on any atom is -0.493 e. The van der Waals surface area contributed by atoms with E-state index in [1.54, 1.807) is 0 Å². The van der Waals surface area contributed by atoms with Crippen molar-refractivity contribution in [3.8, 4) is 11.5 Å². The van der Waals surface area contributed by atoms with Gasteiger partial charge in [0.1, 0.15) is 11.5 Å². The summed E-state index contributed by atoms with van der Waals surface area (Å²) < 4.78 is 21.5. The molecule has 6 heteroatoms. The highest BCUT2D eigenvalue weighted by atomic mass is 16.5. The highest BCUT2D eigenvalue weighted by Gasteiger charge is 2.28. The quantitative estimate of drug-likeness (QED) is 0.348. The van der Waals surface area contributed by atoms with Crippen molar-refractivity contribution in [3.05, 3.63) is 23.3 Å². The molecule has 0 N–H and O–H groups in total. The Labute approximate surface area is 181 Å². The van der Waals surface area contributed by atoms with Gasteiger partial charge in [0.05, 0.1) is 38.3 Å². The first-order valence-electron chi connectivity index (χ1n) is 10.5. The molecule has 1 aromatic rings. The second-order valence-electron chi connectivity index (χ2n) is 9.04. The fourth-order valence-corrected chi connectivity index (χ4v) is 3.22. The molecule has 0 aliphatic heterocycles. The van der Waals surface area contributed by atoms with Gasteiger partial charge in [-0.05, 0) is 90.5 Å². The Balaban J connectivity index is 2.53. The van der Waals surface area contributed by atoms with Crippen LogP contribution >= 0.6 is 0 Å². The SMILES string of the molecule is COC(=O)C(C)(C)CCCOc1cc(C)c(OCCCC(C)(C)C(=O)OC)cc1C. The molecular weight excluding hydrogens is 384 g/mol. The first-order chi connectivity index (χ1) is 13.9. The molecule has 170 valence electrons. The van der Waals surface area contributed by atoms with E-state index in [9.17, 15) is 9.59 Å².